The Hall–Kier alpha value is -2.18. The number of aliphatic hydroxyl groups is 1. The zero-order valence-electron chi connectivity index (χ0n) is 17.2. The number of benzene rings is 1. The van der Waals surface area contributed by atoms with Crippen molar-refractivity contribution in [3.8, 4) is 17.2 Å². The third-order valence-corrected chi connectivity index (χ3v) is 6.56. The van der Waals surface area contributed by atoms with Crippen molar-refractivity contribution < 1.29 is 24.1 Å². The minimum atomic E-state index is -0.727. The quantitative estimate of drug-likeness (QED) is 0.801. The minimum Gasteiger partial charge on any atom is -0.498 e. The first-order valence-electron chi connectivity index (χ1n) is 9.70. The van der Waals surface area contributed by atoms with Crippen molar-refractivity contribution in [1.29, 1.82) is 0 Å². The van der Waals surface area contributed by atoms with E-state index in [1.54, 1.807) is 28.4 Å². The van der Waals surface area contributed by atoms with Gasteiger partial charge in [-0.15, -0.1) is 0 Å². The van der Waals surface area contributed by atoms with Gasteiger partial charge in [-0.2, -0.15) is 0 Å². The molecule has 1 aliphatic heterocycles. The molecule has 2 bridgehead atoms. The molecule has 28 heavy (non-hydrogen) atoms. The van der Waals surface area contributed by atoms with Crippen LogP contribution in [-0.2, 0) is 16.6 Å². The van der Waals surface area contributed by atoms with Gasteiger partial charge in [-0.1, -0.05) is 0 Å². The summed E-state index contributed by atoms with van der Waals surface area (Å²) in [6, 6.07) is 2.34. The Morgan fingerprint density at radius 1 is 1.07 bits per heavy atom. The van der Waals surface area contributed by atoms with Crippen molar-refractivity contribution >= 4 is 0 Å². The van der Waals surface area contributed by atoms with Crippen LogP contribution in [0.3, 0.4) is 0 Å². The summed E-state index contributed by atoms with van der Waals surface area (Å²) < 4.78 is 22.8. The number of aliphatic hydroxyl groups excluding tert-OH is 1. The summed E-state index contributed by atoms with van der Waals surface area (Å²) in [4.78, 5) is 2.38. The zero-order valence-corrected chi connectivity index (χ0v) is 17.2. The molecule has 152 valence electrons. The van der Waals surface area contributed by atoms with E-state index in [0.717, 1.165) is 31.4 Å². The molecule has 3 aliphatic rings. The Kier molecular flexibility index (Phi) is 4.79. The molecule has 0 aromatic heterocycles. The van der Waals surface area contributed by atoms with Crippen LogP contribution in [0, 0.1) is 0 Å². The second-order valence-corrected chi connectivity index (χ2v) is 7.75. The lowest BCUT2D eigenvalue weighted by atomic mass is 9.64. The highest BCUT2D eigenvalue weighted by molar-refractivity contribution is 5.67. The average Bonchev–Trinajstić information content (AvgIpc) is 2.80. The molecule has 1 heterocycles. The summed E-state index contributed by atoms with van der Waals surface area (Å²) >= 11 is 0. The van der Waals surface area contributed by atoms with Crippen molar-refractivity contribution in [1.82, 2.24) is 4.90 Å². The molecule has 2 aliphatic carbocycles. The standard InChI is InChI=1S/C22H29NO5/c1-23-9-8-22-12-18(26-3)16(24)11-14(22)15(23)7-6-13-10-17(25-2)20(27-4)21(28-5)19(13)22/h10-12,15-16,24H,6-9H2,1-5H3. The topological polar surface area (TPSA) is 60.4 Å². The van der Waals surface area contributed by atoms with Crippen molar-refractivity contribution in [3.05, 3.63) is 40.7 Å². The minimum absolute atomic E-state index is 0.257. The Bertz CT molecular complexity index is 846. The maximum atomic E-state index is 10.6. The molecule has 0 saturated carbocycles. The van der Waals surface area contributed by atoms with E-state index in [1.807, 2.05) is 6.08 Å². The summed E-state index contributed by atoms with van der Waals surface area (Å²) in [5, 5.41) is 10.6. The van der Waals surface area contributed by atoms with Crippen molar-refractivity contribution in [2.75, 3.05) is 42.0 Å². The lowest BCUT2D eigenvalue weighted by molar-refractivity contribution is 0.136. The van der Waals surface area contributed by atoms with Crippen molar-refractivity contribution in [2.24, 2.45) is 0 Å². The van der Waals surface area contributed by atoms with Gasteiger partial charge in [-0.05, 0) is 62.2 Å². The van der Waals surface area contributed by atoms with Crippen molar-refractivity contribution in [3.63, 3.8) is 0 Å². The van der Waals surface area contributed by atoms with Crippen molar-refractivity contribution in [2.45, 2.75) is 36.8 Å². The maximum absolute atomic E-state index is 10.6. The molecule has 1 saturated heterocycles. The molecule has 0 amide bonds. The van der Waals surface area contributed by atoms with Crippen LogP contribution in [0.1, 0.15) is 24.0 Å². The molecule has 1 fully saturated rings. The predicted molar refractivity (Wildman–Crippen MR) is 106 cm³/mol. The molecule has 1 aromatic carbocycles. The number of likely N-dealkylation sites (N-methyl/N-ethyl adjacent to an activating group) is 1. The molecular formula is C22H29NO5. The highest BCUT2D eigenvalue weighted by Gasteiger charge is 2.50. The highest BCUT2D eigenvalue weighted by atomic mass is 16.5. The van der Waals surface area contributed by atoms with E-state index in [4.69, 9.17) is 18.9 Å². The number of fused-ring (bicyclic) bond motifs is 1. The number of likely N-dealkylation sites (tertiary alicyclic amines) is 1. The Morgan fingerprint density at radius 2 is 1.82 bits per heavy atom. The van der Waals surface area contributed by atoms with Gasteiger partial charge in [-0.3, -0.25) is 4.90 Å². The Morgan fingerprint density at radius 3 is 2.46 bits per heavy atom. The van der Waals surface area contributed by atoms with Crippen LogP contribution in [0.15, 0.2) is 29.6 Å². The van der Waals surface area contributed by atoms with E-state index in [9.17, 15) is 5.11 Å². The molecule has 3 atom stereocenters. The predicted octanol–water partition coefficient (Wildman–Crippen LogP) is 2.43. The second kappa shape index (κ2) is 7.01. The number of aryl methyl sites for hydroxylation is 1. The number of methoxy groups -OCH3 is 4. The number of ether oxygens (including phenoxy) is 4. The van der Waals surface area contributed by atoms with Gasteiger partial charge in [0, 0.05) is 17.0 Å². The molecule has 6 heteroatoms. The fourth-order valence-electron chi connectivity index (χ4n) is 5.27. The van der Waals surface area contributed by atoms with E-state index in [0.29, 0.717) is 23.0 Å². The van der Waals surface area contributed by atoms with Crippen LogP contribution >= 0.6 is 0 Å². The highest BCUT2D eigenvalue weighted by Crippen LogP contribution is 2.57. The third kappa shape index (κ3) is 2.54. The lowest BCUT2D eigenvalue weighted by Gasteiger charge is -2.48. The maximum Gasteiger partial charge on any atom is 0.203 e. The van der Waals surface area contributed by atoms with Crippen LogP contribution in [0.2, 0.25) is 0 Å². The van der Waals surface area contributed by atoms with Gasteiger partial charge in [0.05, 0.1) is 28.4 Å². The fraction of sp³-hybridized carbons (Fsp3) is 0.545. The first kappa shape index (κ1) is 19.2. The molecule has 6 nitrogen and oxygen atoms in total. The molecular weight excluding hydrogens is 358 g/mol. The summed E-state index contributed by atoms with van der Waals surface area (Å²) in [7, 11) is 8.73. The van der Waals surface area contributed by atoms with E-state index in [1.165, 1.54) is 11.1 Å². The SMILES string of the molecule is COC1=CC23CCN(C)C(CCc4cc(OC)c(OC)c(OC)c42)C3=CC1O. The first-order chi connectivity index (χ1) is 13.5. The van der Waals surface area contributed by atoms with Crippen LogP contribution in [0.4, 0.5) is 0 Å². The average molecular weight is 387 g/mol. The summed E-state index contributed by atoms with van der Waals surface area (Å²) in [5.74, 6) is 2.57. The van der Waals surface area contributed by atoms with Gasteiger partial charge in [0.1, 0.15) is 11.9 Å². The molecule has 1 N–H and O–H groups in total. The van der Waals surface area contributed by atoms with E-state index in [2.05, 4.69) is 24.1 Å². The van der Waals surface area contributed by atoms with Gasteiger partial charge >= 0.3 is 0 Å². The molecule has 4 rings (SSSR count). The number of nitrogens with zero attached hydrogens (tertiary/aromatic N) is 1. The molecule has 3 unspecified atom stereocenters. The summed E-state index contributed by atoms with van der Waals surface area (Å²) in [5.41, 5.74) is 3.13. The van der Waals surface area contributed by atoms with Gasteiger partial charge in [0.15, 0.2) is 11.5 Å². The monoisotopic (exact) mass is 387 g/mol. The summed E-state index contributed by atoms with van der Waals surface area (Å²) in [6.45, 7) is 0.947. The lowest BCUT2D eigenvalue weighted by Crippen LogP contribution is -2.50. The zero-order chi connectivity index (χ0) is 20.1. The number of hydrogen-bond acceptors (Lipinski definition) is 6. The smallest absolute Gasteiger partial charge is 0.203 e. The van der Waals surface area contributed by atoms with Gasteiger partial charge < -0.3 is 24.1 Å². The fourth-order valence-corrected chi connectivity index (χ4v) is 5.27. The second-order valence-electron chi connectivity index (χ2n) is 7.75. The van der Waals surface area contributed by atoms with Crippen LogP contribution < -0.4 is 14.2 Å². The summed E-state index contributed by atoms with van der Waals surface area (Å²) in [6.07, 6.45) is 6.10. The van der Waals surface area contributed by atoms with E-state index in [-0.39, 0.29) is 6.04 Å². The van der Waals surface area contributed by atoms with Gasteiger partial charge in [0.2, 0.25) is 5.75 Å². The third-order valence-electron chi connectivity index (χ3n) is 6.56. The van der Waals surface area contributed by atoms with E-state index >= 15 is 0 Å². The number of rotatable bonds is 4. The molecule has 0 spiro atoms. The Balaban J connectivity index is 2.06. The van der Waals surface area contributed by atoms with Crippen LogP contribution in [0.25, 0.3) is 0 Å². The normalized spacial score (nSPS) is 28.9. The van der Waals surface area contributed by atoms with E-state index < -0.39 is 11.5 Å². The number of piperidine rings is 1. The van der Waals surface area contributed by atoms with Crippen LogP contribution in [-0.4, -0.2) is 64.2 Å². The molecule has 1 aromatic rings. The Labute approximate surface area is 166 Å². The van der Waals surface area contributed by atoms with Crippen LogP contribution in [0.5, 0.6) is 17.2 Å². The largest absolute Gasteiger partial charge is 0.498 e. The first-order valence-corrected chi connectivity index (χ1v) is 9.70. The number of allylic oxidation sites excluding steroid dienone is 1. The number of hydrogen-bond donors (Lipinski definition) is 1. The van der Waals surface area contributed by atoms with Gasteiger partial charge in [0.25, 0.3) is 0 Å². The molecule has 0 radical (unpaired) electrons. The van der Waals surface area contributed by atoms with Gasteiger partial charge in [-0.25, -0.2) is 0 Å².